The summed E-state index contributed by atoms with van der Waals surface area (Å²) in [6.45, 7) is 3.30. The highest BCUT2D eigenvalue weighted by molar-refractivity contribution is 7.98. The van der Waals surface area contributed by atoms with Gasteiger partial charge in [-0.15, -0.1) is 11.8 Å². The Labute approximate surface area is 169 Å². The number of halogens is 3. The third kappa shape index (κ3) is 4.61. The lowest BCUT2D eigenvalue weighted by atomic mass is 10.0. The predicted octanol–water partition coefficient (Wildman–Crippen LogP) is 5.28. The Morgan fingerprint density at radius 2 is 1.97 bits per heavy atom. The largest absolute Gasteiger partial charge is 0.461 e. The van der Waals surface area contributed by atoms with E-state index in [0.717, 1.165) is 12.1 Å². The van der Waals surface area contributed by atoms with Gasteiger partial charge in [0.25, 0.3) is 5.91 Å². The number of thioether (sulfide) groups is 1. The second-order valence-electron chi connectivity index (χ2n) is 6.31. The minimum absolute atomic E-state index is 0.284. The van der Waals surface area contributed by atoms with Crippen molar-refractivity contribution in [2.75, 3.05) is 6.26 Å². The van der Waals surface area contributed by atoms with Crippen LogP contribution in [0.1, 0.15) is 40.1 Å². The van der Waals surface area contributed by atoms with E-state index in [9.17, 15) is 18.0 Å². The van der Waals surface area contributed by atoms with E-state index in [0.29, 0.717) is 27.9 Å². The molecule has 0 aliphatic heterocycles. The molecule has 9 heteroatoms. The summed E-state index contributed by atoms with van der Waals surface area (Å²) in [5, 5.41) is 3.19. The fourth-order valence-corrected chi connectivity index (χ4v) is 3.43. The van der Waals surface area contributed by atoms with Crippen LogP contribution in [0.5, 0.6) is 0 Å². The average molecular weight is 421 g/mol. The Morgan fingerprint density at radius 3 is 2.59 bits per heavy atom. The molecule has 1 N–H and O–H groups in total. The van der Waals surface area contributed by atoms with Crippen molar-refractivity contribution in [3.05, 3.63) is 65.0 Å². The third-order valence-corrected chi connectivity index (χ3v) is 4.96. The first kappa shape index (κ1) is 20.9. The number of carbonyl (C=O) groups is 1. The topological polar surface area (TPSA) is 68.0 Å². The molecule has 1 amide bonds. The molecule has 152 valence electrons. The van der Waals surface area contributed by atoms with Crippen LogP contribution in [-0.2, 0) is 6.18 Å². The first-order valence-corrected chi connectivity index (χ1v) is 9.87. The SMILES string of the molecule is CSc1nc(-c2ccco2)nc(C)c1C(=O)NC(C)c1cccc(C(F)(F)F)c1. The second-order valence-corrected chi connectivity index (χ2v) is 7.11. The quantitative estimate of drug-likeness (QED) is 0.449. The number of nitrogens with zero attached hydrogens (tertiary/aromatic N) is 2. The molecule has 0 spiro atoms. The number of aryl methyl sites for hydroxylation is 1. The van der Waals surface area contributed by atoms with Gasteiger partial charge in [0.05, 0.1) is 29.1 Å². The predicted molar refractivity (Wildman–Crippen MR) is 104 cm³/mol. The maximum atomic E-state index is 13.0. The maximum absolute atomic E-state index is 13.0. The number of alkyl halides is 3. The molecule has 1 aromatic carbocycles. The lowest BCUT2D eigenvalue weighted by Gasteiger charge is -2.18. The molecule has 2 aromatic heterocycles. The van der Waals surface area contributed by atoms with Crippen LogP contribution in [0, 0.1) is 6.92 Å². The summed E-state index contributed by atoms with van der Waals surface area (Å²) in [5.74, 6) is 0.384. The van der Waals surface area contributed by atoms with Crippen molar-refractivity contribution in [2.45, 2.75) is 31.1 Å². The van der Waals surface area contributed by atoms with Gasteiger partial charge >= 0.3 is 6.18 Å². The summed E-state index contributed by atoms with van der Waals surface area (Å²) in [5.41, 5.74) is 0.323. The van der Waals surface area contributed by atoms with Crippen molar-refractivity contribution in [1.29, 1.82) is 0 Å². The minimum atomic E-state index is -4.45. The Kier molecular flexibility index (Phi) is 5.97. The van der Waals surface area contributed by atoms with E-state index < -0.39 is 23.7 Å². The van der Waals surface area contributed by atoms with Gasteiger partial charge in [0.15, 0.2) is 11.6 Å². The summed E-state index contributed by atoms with van der Waals surface area (Å²) in [4.78, 5) is 21.6. The van der Waals surface area contributed by atoms with Gasteiger partial charge < -0.3 is 9.73 Å². The van der Waals surface area contributed by atoms with Crippen molar-refractivity contribution in [2.24, 2.45) is 0 Å². The van der Waals surface area contributed by atoms with E-state index in [-0.39, 0.29) is 5.56 Å². The number of nitrogens with one attached hydrogen (secondary N) is 1. The zero-order valence-corrected chi connectivity index (χ0v) is 16.7. The fraction of sp³-hybridized carbons (Fsp3) is 0.250. The van der Waals surface area contributed by atoms with Gasteiger partial charge in [0.2, 0.25) is 0 Å². The van der Waals surface area contributed by atoms with Crippen LogP contribution in [0.3, 0.4) is 0 Å². The molecule has 3 rings (SSSR count). The molecule has 0 fully saturated rings. The van der Waals surface area contributed by atoms with Gasteiger partial charge in [-0.1, -0.05) is 12.1 Å². The van der Waals surface area contributed by atoms with Crippen molar-refractivity contribution >= 4 is 17.7 Å². The number of aromatic nitrogens is 2. The smallest absolute Gasteiger partial charge is 0.416 e. The lowest BCUT2D eigenvalue weighted by Crippen LogP contribution is -2.28. The van der Waals surface area contributed by atoms with Crippen LogP contribution >= 0.6 is 11.8 Å². The molecule has 2 heterocycles. The summed E-state index contributed by atoms with van der Waals surface area (Å²) in [6, 6.07) is 7.68. The monoisotopic (exact) mass is 421 g/mol. The molecule has 29 heavy (non-hydrogen) atoms. The van der Waals surface area contributed by atoms with Crippen LogP contribution in [0.2, 0.25) is 0 Å². The molecule has 0 aliphatic carbocycles. The highest BCUT2D eigenvalue weighted by atomic mass is 32.2. The second kappa shape index (κ2) is 8.28. The Hall–Kier alpha value is -2.81. The van der Waals surface area contributed by atoms with Gasteiger partial charge in [-0.3, -0.25) is 4.79 Å². The maximum Gasteiger partial charge on any atom is 0.416 e. The highest BCUT2D eigenvalue weighted by Gasteiger charge is 2.31. The zero-order chi connectivity index (χ0) is 21.2. The number of amides is 1. The number of benzene rings is 1. The van der Waals surface area contributed by atoms with Crippen LogP contribution < -0.4 is 5.32 Å². The van der Waals surface area contributed by atoms with E-state index in [2.05, 4.69) is 15.3 Å². The minimum Gasteiger partial charge on any atom is -0.461 e. The molecule has 1 atom stereocenters. The third-order valence-electron chi connectivity index (χ3n) is 4.28. The summed E-state index contributed by atoms with van der Waals surface area (Å²) in [6.07, 6.45) is -1.16. The van der Waals surface area contributed by atoms with Crippen LogP contribution in [0.25, 0.3) is 11.6 Å². The van der Waals surface area contributed by atoms with Crippen LogP contribution in [0.4, 0.5) is 13.2 Å². The number of furan rings is 1. The number of rotatable bonds is 5. The van der Waals surface area contributed by atoms with E-state index in [1.165, 1.54) is 24.1 Å². The summed E-state index contributed by atoms with van der Waals surface area (Å²) < 4.78 is 44.2. The Bertz CT molecular complexity index is 1020. The van der Waals surface area contributed by atoms with Gasteiger partial charge in [-0.05, 0) is 49.9 Å². The molecule has 5 nitrogen and oxygen atoms in total. The van der Waals surface area contributed by atoms with Gasteiger partial charge in [0, 0.05) is 0 Å². The molecule has 0 saturated heterocycles. The van der Waals surface area contributed by atoms with E-state index in [1.807, 2.05) is 0 Å². The van der Waals surface area contributed by atoms with Crippen molar-refractivity contribution in [3.63, 3.8) is 0 Å². The van der Waals surface area contributed by atoms with Gasteiger partial charge in [-0.2, -0.15) is 13.2 Å². The normalized spacial score (nSPS) is 12.6. The van der Waals surface area contributed by atoms with Crippen LogP contribution in [-0.4, -0.2) is 22.1 Å². The van der Waals surface area contributed by atoms with Crippen molar-refractivity contribution in [3.8, 4) is 11.6 Å². The first-order chi connectivity index (χ1) is 13.7. The van der Waals surface area contributed by atoms with Crippen molar-refractivity contribution < 1.29 is 22.4 Å². The molecular weight excluding hydrogens is 403 g/mol. The Morgan fingerprint density at radius 1 is 1.21 bits per heavy atom. The molecule has 0 aliphatic rings. The molecule has 1 unspecified atom stereocenters. The fourth-order valence-electron chi connectivity index (χ4n) is 2.81. The Balaban J connectivity index is 1.87. The lowest BCUT2D eigenvalue weighted by molar-refractivity contribution is -0.137. The van der Waals surface area contributed by atoms with Gasteiger partial charge in [-0.25, -0.2) is 9.97 Å². The number of hydrogen-bond donors (Lipinski definition) is 1. The number of hydrogen-bond acceptors (Lipinski definition) is 5. The summed E-state index contributed by atoms with van der Waals surface area (Å²) >= 11 is 1.28. The van der Waals surface area contributed by atoms with E-state index >= 15 is 0 Å². The molecule has 0 bridgehead atoms. The van der Waals surface area contributed by atoms with E-state index in [1.54, 1.807) is 38.3 Å². The first-order valence-electron chi connectivity index (χ1n) is 8.65. The van der Waals surface area contributed by atoms with E-state index in [4.69, 9.17) is 4.42 Å². The van der Waals surface area contributed by atoms with Gasteiger partial charge in [0.1, 0.15) is 5.03 Å². The standard InChI is InChI=1S/C20H18F3N3O2S/c1-11(13-6-4-7-14(10-13)20(21,22)23)25-18(27)16-12(2)24-17(26-19(16)29-3)15-8-5-9-28-15/h4-11H,1-3H3,(H,25,27). The molecule has 3 aromatic rings. The van der Waals surface area contributed by atoms with Crippen molar-refractivity contribution in [1.82, 2.24) is 15.3 Å². The van der Waals surface area contributed by atoms with Crippen LogP contribution in [0.15, 0.2) is 52.1 Å². The number of carbonyl (C=O) groups excluding carboxylic acids is 1. The molecule has 0 saturated carbocycles. The molecule has 0 radical (unpaired) electrons. The average Bonchev–Trinajstić information content (AvgIpc) is 3.21. The highest BCUT2D eigenvalue weighted by Crippen LogP contribution is 2.31. The molecular formula is C20H18F3N3O2S. The summed E-state index contributed by atoms with van der Waals surface area (Å²) in [7, 11) is 0. The zero-order valence-electron chi connectivity index (χ0n) is 15.9.